The summed E-state index contributed by atoms with van der Waals surface area (Å²) >= 11 is 0. The lowest BCUT2D eigenvalue weighted by molar-refractivity contribution is -0.137. The van der Waals surface area contributed by atoms with Crippen LogP contribution >= 0.6 is 0 Å². The monoisotopic (exact) mass is 412 g/mol. The lowest BCUT2D eigenvalue weighted by atomic mass is 10.00. The number of rotatable bonds is 9. The van der Waals surface area contributed by atoms with Gasteiger partial charge < -0.3 is 15.1 Å². The Kier molecular flexibility index (Phi) is 9.56. The van der Waals surface area contributed by atoms with Crippen molar-refractivity contribution in [1.29, 1.82) is 0 Å². The summed E-state index contributed by atoms with van der Waals surface area (Å²) in [6.45, 7) is 4.56. The van der Waals surface area contributed by atoms with Crippen LogP contribution in [0, 0.1) is 11.8 Å². The molecule has 30 heavy (non-hydrogen) atoms. The predicted molar refractivity (Wildman–Crippen MR) is 116 cm³/mol. The Hall–Kier alpha value is -2.65. The van der Waals surface area contributed by atoms with Gasteiger partial charge in [-0.1, -0.05) is 38.0 Å². The molecule has 6 nitrogen and oxygen atoms in total. The van der Waals surface area contributed by atoms with E-state index in [1.807, 2.05) is 24.4 Å². The maximum Gasteiger partial charge on any atom is 0.303 e. The Balaban J connectivity index is 1.89. The van der Waals surface area contributed by atoms with E-state index in [9.17, 15) is 14.7 Å². The molecular weight excluding hydrogens is 380 g/mol. The number of carbonyl (C=O) groups excluding carboxylic acids is 1. The molecular formula is C24H32N2O4. The van der Waals surface area contributed by atoms with Crippen LogP contribution < -0.4 is 0 Å². The van der Waals surface area contributed by atoms with Crippen LogP contribution in [0.2, 0.25) is 0 Å². The smallest absolute Gasteiger partial charge is 0.303 e. The predicted octanol–water partition coefficient (Wildman–Crippen LogP) is 3.30. The molecule has 1 aliphatic heterocycles. The number of aliphatic carboxylic acids is 1. The highest BCUT2D eigenvalue weighted by Crippen LogP contribution is 2.19. The second-order valence-electron chi connectivity index (χ2n) is 7.98. The zero-order valence-electron chi connectivity index (χ0n) is 17.9. The molecule has 1 aromatic rings. The van der Waals surface area contributed by atoms with Crippen molar-refractivity contribution in [3.8, 4) is 11.8 Å². The van der Waals surface area contributed by atoms with Gasteiger partial charge in [0.1, 0.15) is 0 Å². The van der Waals surface area contributed by atoms with Crippen LogP contribution in [0.5, 0.6) is 0 Å². The fourth-order valence-corrected chi connectivity index (χ4v) is 3.35. The molecule has 0 radical (unpaired) electrons. The number of aliphatic hydroxyl groups is 1. The Morgan fingerprint density at radius 2 is 2.17 bits per heavy atom. The second-order valence-corrected chi connectivity index (χ2v) is 7.98. The van der Waals surface area contributed by atoms with Crippen molar-refractivity contribution in [2.24, 2.45) is 0 Å². The summed E-state index contributed by atoms with van der Waals surface area (Å²) in [4.78, 5) is 29.0. The quantitative estimate of drug-likeness (QED) is 0.369. The first-order valence-corrected chi connectivity index (χ1v) is 10.6. The number of pyridine rings is 1. The number of carboxylic acids is 1. The molecule has 0 aromatic carbocycles. The second kappa shape index (κ2) is 12.1. The van der Waals surface area contributed by atoms with E-state index in [-0.39, 0.29) is 18.4 Å². The van der Waals surface area contributed by atoms with Gasteiger partial charge in [-0.05, 0) is 36.8 Å². The summed E-state index contributed by atoms with van der Waals surface area (Å²) in [6, 6.07) is 3.91. The number of hydrogen-bond donors (Lipinski definition) is 2. The molecule has 1 amide bonds. The first kappa shape index (κ1) is 23.6. The first-order valence-electron chi connectivity index (χ1n) is 10.6. The van der Waals surface area contributed by atoms with Gasteiger partial charge in [-0.2, -0.15) is 0 Å². The molecule has 1 aliphatic rings. The Bertz CT molecular complexity index is 790. The lowest BCUT2D eigenvalue weighted by Gasteiger charge is -2.32. The highest BCUT2D eigenvalue weighted by molar-refractivity contribution is 5.78. The molecule has 0 bridgehead atoms. The lowest BCUT2D eigenvalue weighted by Crippen LogP contribution is -2.42. The van der Waals surface area contributed by atoms with E-state index in [0.29, 0.717) is 38.1 Å². The summed E-state index contributed by atoms with van der Waals surface area (Å²) in [6.07, 6.45) is 8.57. The zero-order chi connectivity index (χ0) is 21.9. The number of carbonyl (C=O) groups is 2. The highest BCUT2D eigenvalue weighted by Gasteiger charge is 2.25. The topological polar surface area (TPSA) is 90.7 Å². The number of aliphatic hydroxyl groups excluding tert-OH is 1. The molecule has 0 saturated carbocycles. The van der Waals surface area contributed by atoms with Gasteiger partial charge in [0, 0.05) is 37.6 Å². The maximum atomic E-state index is 12.3. The van der Waals surface area contributed by atoms with E-state index in [4.69, 9.17) is 5.11 Å². The van der Waals surface area contributed by atoms with E-state index >= 15 is 0 Å². The van der Waals surface area contributed by atoms with Gasteiger partial charge in [-0.15, -0.1) is 5.92 Å². The number of likely N-dealkylation sites (tertiary alicyclic amines) is 1. The molecule has 0 spiro atoms. The third-order valence-electron chi connectivity index (χ3n) is 5.17. The SMILES string of the molecule is CC(C)c1ccc(CC(O)/C=C/[C@H]2CCCC(=O)N2CC#CCCCC(=O)O)nc1. The van der Waals surface area contributed by atoms with Crippen molar-refractivity contribution in [1.82, 2.24) is 9.88 Å². The van der Waals surface area contributed by atoms with E-state index in [1.54, 1.807) is 11.0 Å². The average Bonchev–Trinajstić information content (AvgIpc) is 2.70. The number of amides is 1. The third-order valence-corrected chi connectivity index (χ3v) is 5.17. The van der Waals surface area contributed by atoms with Crippen LogP contribution in [0.1, 0.15) is 69.5 Å². The zero-order valence-corrected chi connectivity index (χ0v) is 17.9. The molecule has 6 heteroatoms. The van der Waals surface area contributed by atoms with Crippen LogP contribution in [0.3, 0.4) is 0 Å². The number of piperidine rings is 1. The number of nitrogens with zero attached hydrogens (tertiary/aromatic N) is 2. The van der Waals surface area contributed by atoms with Gasteiger partial charge in [0.15, 0.2) is 0 Å². The first-order chi connectivity index (χ1) is 14.4. The number of aromatic nitrogens is 1. The molecule has 0 aliphatic carbocycles. The Morgan fingerprint density at radius 3 is 2.83 bits per heavy atom. The summed E-state index contributed by atoms with van der Waals surface area (Å²) < 4.78 is 0. The molecule has 162 valence electrons. The summed E-state index contributed by atoms with van der Waals surface area (Å²) in [5.41, 5.74) is 2.00. The van der Waals surface area contributed by atoms with Crippen LogP contribution in [-0.4, -0.2) is 50.7 Å². The molecule has 1 saturated heterocycles. The van der Waals surface area contributed by atoms with Crippen LogP contribution in [0.25, 0.3) is 0 Å². The molecule has 2 N–H and O–H groups in total. The standard InChI is InChI=1S/C24H32N2O4/c1-18(2)19-11-12-20(25-17-19)16-22(27)14-13-21-8-7-9-23(28)26(21)15-6-4-3-5-10-24(29)30/h11-14,17-18,21-22,27H,3,5,7-10,15-16H2,1-2H3,(H,29,30)/b14-13+/t21-,22?/m1/s1. The summed E-state index contributed by atoms with van der Waals surface area (Å²) in [5, 5.41) is 19.0. The van der Waals surface area contributed by atoms with Crippen molar-refractivity contribution >= 4 is 11.9 Å². The van der Waals surface area contributed by atoms with Crippen LogP contribution in [0.15, 0.2) is 30.5 Å². The molecule has 1 fully saturated rings. The van der Waals surface area contributed by atoms with Gasteiger partial charge >= 0.3 is 5.97 Å². The summed E-state index contributed by atoms with van der Waals surface area (Å²) in [5.74, 6) is 5.60. The molecule has 1 aromatic heterocycles. The van der Waals surface area contributed by atoms with Crippen molar-refractivity contribution in [2.75, 3.05) is 6.54 Å². The number of hydrogen-bond acceptors (Lipinski definition) is 4. The number of carboxylic acid groups (broad SMARTS) is 1. The maximum absolute atomic E-state index is 12.3. The highest BCUT2D eigenvalue weighted by atomic mass is 16.4. The van der Waals surface area contributed by atoms with Gasteiger partial charge in [0.25, 0.3) is 0 Å². The van der Waals surface area contributed by atoms with Gasteiger partial charge in [0.2, 0.25) is 5.91 Å². The van der Waals surface area contributed by atoms with Gasteiger partial charge in [-0.3, -0.25) is 14.6 Å². The Morgan fingerprint density at radius 1 is 1.37 bits per heavy atom. The Labute approximate surface area is 179 Å². The minimum absolute atomic E-state index is 0.0659. The molecule has 2 atom stereocenters. The van der Waals surface area contributed by atoms with Gasteiger partial charge in [0.05, 0.1) is 18.7 Å². The van der Waals surface area contributed by atoms with Crippen LogP contribution in [0.4, 0.5) is 0 Å². The molecule has 1 unspecified atom stereocenters. The van der Waals surface area contributed by atoms with Gasteiger partial charge in [-0.25, -0.2) is 0 Å². The largest absolute Gasteiger partial charge is 0.481 e. The number of unbranched alkanes of at least 4 members (excludes halogenated alkanes) is 1. The minimum Gasteiger partial charge on any atom is -0.481 e. The van der Waals surface area contributed by atoms with Crippen molar-refractivity contribution < 1.29 is 19.8 Å². The minimum atomic E-state index is -0.821. The van der Waals surface area contributed by atoms with Crippen molar-refractivity contribution in [3.63, 3.8) is 0 Å². The van der Waals surface area contributed by atoms with Crippen molar-refractivity contribution in [2.45, 2.75) is 76.9 Å². The van der Waals surface area contributed by atoms with E-state index < -0.39 is 12.1 Å². The third kappa shape index (κ3) is 8.00. The fraction of sp³-hybridized carbons (Fsp3) is 0.542. The van der Waals surface area contributed by atoms with E-state index in [2.05, 4.69) is 30.7 Å². The van der Waals surface area contributed by atoms with Crippen molar-refractivity contribution in [3.05, 3.63) is 41.7 Å². The average molecular weight is 413 g/mol. The summed E-state index contributed by atoms with van der Waals surface area (Å²) in [7, 11) is 0. The van der Waals surface area contributed by atoms with E-state index in [0.717, 1.165) is 18.5 Å². The molecule has 2 rings (SSSR count). The fourth-order valence-electron chi connectivity index (χ4n) is 3.35. The van der Waals surface area contributed by atoms with Crippen LogP contribution in [-0.2, 0) is 16.0 Å². The normalized spacial score (nSPS) is 17.8. The van der Waals surface area contributed by atoms with E-state index in [1.165, 1.54) is 5.56 Å². The molecule has 2 heterocycles.